The Morgan fingerprint density at radius 3 is 1.43 bits per heavy atom. The van der Waals surface area contributed by atoms with E-state index in [4.69, 9.17) is 0 Å². The van der Waals surface area contributed by atoms with E-state index >= 15 is 0 Å². The molecule has 0 bridgehead atoms. The average molecular weight is 415 g/mol. The average Bonchev–Trinajstić information content (AvgIpc) is 3.19. The van der Waals surface area contributed by atoms with E-state index in [2.05, 4.69) is 74.4 Å². The Balaban J connectivity index is 0. The second-order valence-corrected chi connectivity index (χ2v) is 9.27. The molecule has 0 heterocycles. The molecule has 0 aliphatic heterocycles. The zero-order valence-corrected chi connectivity index (χ0v) is 21.6. The molecule has 0 heteroatoms. The van der Waals surface area contributed by atoms with Crippen LogP contribution in [0.3, 0.4) is 0 Å². The molecule has 0 amide bonds. The van der Waals surface area contributed by atoms with Gasteiger partial charge in [0.2, 0.25) is 0 Å². The fourth-order valence-corrected chi connectivity index (χ4v) is 4.13. The van der Waals surface area contributed by atoms with Crippen LogP contribution in [-0.2, 0) is 0 Å². The van der Waals surface area contributed by atoms with E-state index in [0.717, 1.165) is 24.7 Å². The summed E-state index contributed by atoms with van der Waals surface area (Å²) in [6.45, 7) is 32.4. The third-order valence-electron chi connectivity index (χ3n) is 6.63. The monoisotopic (exact) mass is 414 g/mol. The molecular weight excluding hydrogens is 360 g/mol. The second-order valence-electron chi connectivity index (χ2n) is 9.27. The number of rotatable bonds is 12. The van der Waals surface area contributed by atoms with E-state index in [9.17, 15) is 0 Å². The first-order valence-corrected chi connectivity index (χ1v) is 12.4. The molecule has 1 aliphatic carbocycles. The summed E-state index contributed by atoms with van der Waals surface area (Å²) in [5.74, 6) is 3.27. The van der Waals surface area contributed by atoms with Crippen LogP contribution in [0.4, 0.5) is 0 Å². The lowest BCUT2D eigenvalue weighted by Gasteiger charge is -2.12. The summed E-state index contributed by atoms with van der Waals surface area (Å²) in [6, 6.07) is 0. The first kappa shape index (κ1) is 30.9. The molecule has 1 saturated carbocycles. The van der Waals surface area contributed by atoms with Gasteiger partial charge in [-0.15, -0.1) is 13.2 Å². The molecule has 1 fully saturated rings. The smallest absolute Gasteiger partial charge is 0.0206 e. The Hall–Kier alpha value is -1.30. The number of allylic oxidation sites excluding steroid dienone is 5. The van der Waals surface area contributed by atoms with Crippen LogP contribution in [0.15, 0.2) is 61.8 Å². The quantitative estimate of drug-likeness (QED) is 0.278. The summed E-state index contributed by atoms with van der Waals surface area (Å²) < 4.78 is 0. The van der Waals surface area contributed by atoms with Crippen molar-refractivity contribution in [3.8, 4) is 0 Å². The van der Waals surface area contributed by atoms with Crippen molar-refractivity contribution in [1.29, 1.82) is 0 Å². The van der Waals surface area contributed by atoms with Gasteiger partial charge in [0.15, 0.2) is 0 Å². The zero-order chi connectivity index (χ0) is 23.5. The highest BCUT2D eigenvalue weighted by atomic mass is 14.3. The fraction of sp³-hybridized carbons (Fsp3) is 0.667. The molecule has 1 aliphatic rings. The van der Waals surface area contributed by atoms with Crippen molar-refractivity contribution in [3.63, 3.8) is 0 Å². The van der Waals surface area contributed by atoms with Crippen molar-refractivity contribution in [2.24, 2.45) is 23.7 Å². The van der Waals surface area contributed by atoms with E-state index < -0.39 is 0 Å². The van der Waals surface area contributed by atoms with Crippen LogP contribution in [-0.4, -0.2) is 0 Å². The highest BCUT2D eigenvalue weighted by Gasteiger charge is 2.23. The van der Waals surface area contributed by atoms with Gasteiger partial charge in [-0.2, -0.15) is 0 Å². The van der Waals surface area contributed by atoms with Crippen molar-refractivity contribution < 1.29 is 0 Å². The molecule has 4 atom stereocenters. The molecule has 0 aromatic carbocycles. The van der Waals surface area contributed by atoms with E-state index in [1.807, 2.05) is 12.2 Å². The van der Waals surface area contributed by atoms with Gasteiger partial charge in [0.1, 0.15) is 0 Å². The van der Waals surface area contributed by atoms with Gasteiger partial charge in [-0.1, -0.05) is 75.8 Å². The summed E-state index contributed by atoms with van der Waals surface area (Å²) in [6.07, 6.45) is 16.7. The maximum Gasteiger partial charge on any atom is -0.0206 e. The lowest BCUT2D eigenvalue weighted by molar-refractivity contribution is 0.509. The van der Waals surface area contributed by atoms with Crippen LogP contribution in [0.2, 0.25) is 0 Å². The van der Waals surface area contributed by atoms with Crippen LogP contribution in [0.1, 0.15) is 106 Å². The van der Waals surface area contributed by atoms with Gasteiger partial charge < -0.3 is 0 Å². The molecule has 1 rings (SSSR count). The van der Waals surface area contributed by atoms with E-state index in [1.165, 1.54) is 68.1 Å². The highest BCUT2D eigenvalue weighted by Crippen LogP contribution is 2.36. The summed E-state index contributed by atoms with van der Waals surface area (Å²) in [5.41, 5.74) is 4.02. The van der Waals surface area contributed by atoms with Crippen LogP contribution in [0.5, 0.6) is 0 Å². The minimum Gasteiger partial charge on any atom is -0.103 e. The molecule has 30 heavy (non-hydrogen) atoms. The van der Waals surface area contributed by atoms with Crippen LogP contribution >= 0.6 is 0 Å². The fourth-order valence-electron chi connectivity index (χ4n) is 4.13. The zero-order valence-electron chi connectivity index (χ0n) is 21.6. The van der Waals surface area contributed by atoms with Gasteiger partial charge in [-0.05, 0) is 102 Å². The summed E-state index contributed by atoms with van der Waals surface area (Å²) in [5, 5.41) is 0. The van der Waals surface area contributed by atoms with Crippen molar-refractivity contribution in [2.75, 3.05) is 0 Å². The normalized spacial score (nSPS) is 19.3. The molecule has 4 unspecified atom stereocenters. The third-order valence-corrected chi connectivity index (χ3v) is 6.63. The van der Waals surface area contributed by atoms with Crippen molar-refractivity contribution in [2.45, 2.75) is 106 Å². The SMILES string of the molecule is C=C(C)C1CCC(CC)C1.C=CCCC(CC)C(=C)C.C=CCCC(CC)C(=C)C. The van der Waals surface area contributed by atoms with Gasteiger partial charge in [-0.3, -0.25) is 0 Å². The van der Waals surface area contributed by atoms with Gasteiger partial charge in [-0.25, -0.2) is 0 Å². The number of hydrogen-bond donors (Lipinski definition) is 0. The third kappa shape index (κ3) is 15.5. The Morgan fingerprint density at radius 2 is 1.23 bits per heavy atom. The van der Waals surface area contributed by atoms with Crippen LogP contribution in [0.25, 0.3) is 0 Å². The second kappa shape index (κ2) is 19.7. The summed E-state index contributed by atoms with van der Waals surface area (Å²) in [7, 11) is 0. The molecule has 0 aromatic rings. The van der Waals surface area contributed by atoms with Gasteiger partial charge >= 0.3 is 0 Å². The molecule has 0 saturated heterocycles. The van der Waals surface area contributed by atoms with Gasteiger partial charge in [0.05, 0.1) is 0 Å². The standard InChI is InChI=1S/3C10H18/c1-4-9-5-6-10(7-9)8(2)3;2*1-5-7-8-10(6-2)9(3)4/h9-10H,2,4-7H2,1,3H3;2*5,10H,1,3,6-8H2,2,4H3. The Bertz CT molecular complexity index is 462. The molecular formula is C30H54. The highest BCUT2D eigenvalue weighted by molar-refractivity contribution is 4.99. The summed E-state index contributed by atoms with van der Waals surface area (Å²) in [4.78, 5) is 0. The Labute approximate surface area is 191 Å². The maximum atomic E-state index is 4.01. The predicted octanol–water partition coefficient (Wildman–Crippen LogP) is 10.5. The Kier molecular flexibility index (Phi) is 20.2. The first-order valence-electron chi connectivity index (χ1n) is 12.4. The molecule has 0 spiro atoms. The molecule has 0 N–H and O–H groups in total. The van der Waals surface area contributed by atoms with E-state index in [-0.39, 0.29) is 0 Å². The minimum atomic E-state index is 0.706. The van der Waals surface area contributed by atoms with Crippen molar-refractivity contribution >= 4 is 0 Å². The molecule has 0 nitrogen and oxygen atoms in total. The minimum absolute atomic E-state index is 0.706. The van der Waals surface area contributed by atoms with Crippen LogP contribution in [0, 0.1) is 23.7 Å². The largest absolute Gasteiger partial charge is 0.103 e. The predicted molar refractivity (Wildman–Crippen MR) is 142 cm³/mol. The molecule has 0 radical (unpaired) electrons. The van der Waals surface area contributed by atoms with E-state index in [0.29, 0.717) is 11.8 Å². The van der Waals surface area contributed by atoms with Crippen molar-refractivity contribution in [3.05, 3.63) is 61.8 Å². The molecule has 0 aromatic heterocycles. The van der Waals surface area contributed by atoms with Crippen LogP contribution < -0.4 is 0 Å². The van der Waals surface area contributed by atoms with Crippen molar-refractivity contribution in [1.82, 2.24) is 0 Å². The number of hydrogen-bond acceptors (Lipinski definition) is 0. The lowest BCUT2D eigenvalue weighted by atomic mass is 9.94. The first-order chi connectivity index (χ1) is 14.2. The van der Waals surface area contributed by atoms with Gasteiger partial charge in [0.25, 0.3) is 0 Å². The topological polar surface area (TPSA) is 0 Å². The van der Waals surface area contributed by atoms with Gasteiger partial charge in [0, 0.05) is 0 Å². The van der Waals surface area contributed by atoms with E-state index in [1.54, 1.807) is 0 Å². The summed E-state index contributed by atoms with van der Waals surface area (Å²) >= 11 is 0. The maximum absolute atomic E-state index is 4.01. The molecule has 174 valence electrons. The Morgan fingerprint density at radius 1 is 0.800 bits per heavy atom. The lowest BCUT2D eigenvalue weighted by Crippen LogP contribution is -1.98.